The van der Waals surface area contributed by atoms with E-state index >= 15 is 0 Å². The first-order valence-corrected chi connectivity index (χ1v) is 7.74. The topological polar surface area (TPSA) is 78.9 Å². The van der Waals surface area contributed by atoms with Gasteiger partial charge < -0.3 is 20.1 Å². The van der Waals surface area contributed by atoms with Crippen LogP contribution in [-0.4, -0.2) is 54.4 Å². The maximum atomic E-state index is 12.2. The number of rotatable bonds is 6. The molecular formula is C15H28N2O4. The lowest BCUT2D eigenvalue weighted by Crippen LogP contribution is -2.44. The summed E-state index contributed by atoms with van der Waals surface area (Å²) in [5, 5.41) is 11.8. The van der Waals surface area contributed by atoms with E-state index in [1.807, 2.05) is 6.92 Å². The zero-order valence-electron chi connectivity index (χ0n) is 13.3. The van der Waals surface area contributed by atoms with Gasteiger partial charge in [0.1, 0.15) is 0 Å². The van der Waals surface area contributed by atoms with Gasteiger partial charge in [0.2, 0.25) is 0 Å². The lowest BCUT2D eigenvalue weighted by atomic mass is 9.94. The first-order valence-electron chi connectivity index (χ1n) is 7.74. The minimum Gasteiger partial charge on any atom is -0.481 e. The predicted octanol–water partition coefficient (Wildman–Crippen LogP) is 1.94. The fourth-order valence-corrected chi connectivity index (χ4v) is 2.67. The summed E-state index contributed by atoms with van der Waals surface area (Å²) < 4.78 is 5.51. The first kappa shape index (κ1) is 17.8. The van der Waals surface area contributed by atoms with Crippen molar-refractivity contribution in [2.45, 2.75) is 46.1 Å². The monoisotopic (exact) mass is 300 g/mol. The van der Waals surface area contributed by atoms with Gasteiger partial charge in [-0.2, -0.15) is 0 Å². The lowest BCUT2D eigenvalue weighted by Gasteiger charge is -2.24. The van der Waals surface area contributed by atoms with Gasteiger partial charge in [0.15, 0.2) is 0 Å². The molecular weight excluding hydrogens is 272 g/mol. The molecule has 21 heavy (non-hydrogen) atoms. The molecule has 1 heterocycles. The molecule has 1 aliphatic heterocycles. The quantitative estimate of drug-likeness (QED) is 0.786. The predicted molar refractivity (Wildman–Crippen MR) is 80.2 cm³/mol. The molecule has 1 fully saturated rings. The molecule has 0 aromatic heterocycles. The van der Waals surface area contributed by atoms with E-state index < -0.39 is 5.97 Å². The number of carbonyl (C=O) groups excluding carboxylic acids is 1. The van der Waals surface area contributed by atoms with E-state index in [2.05, 4.69) is 19.2 Å². The highest BCUT2D eigenvalue weighted by atomic mass is 16.5. The van der Waals surface area contributed by atoms with Crippen LogP contribution in [0.4, 0.5) is 4.79 Å². The normalized spacial score (nSPS) is 21.0. The van der Waals surface area contributed by atoms with Crippen molar-refractivity contribution in [3.05, 3.63) is 0 Å². The third-order valence-corrected chi connectivity index (χ3v) is 3.55. The number of urea groups is 1. The van der Waals surface area contributed by atoms with Crippen LogP contribution in [0.25, 0.3) is 0 Å². The van der Waals surface area contributed by atoms with Gasteiger partial charge in [-0.05, 0) is 31.6 Å². The Kier molecular flexibility index (Phi) is 7.50. The molecule has 0 spiro atoms. The SMILES string of the molecule is CC(C)CC(CNC(=O)N1CCCOC(C)C1)CC(=O)O. The number of carboxylic acid groups (broad SMARTS) is 1. The Morgan fingerprint density at radius 2 is 2.14 bits per heavy atom. The van der Waals surface area contributed by atoms with Crippen molar-refractivity contribution in [1.82, 2.24) is 10.2 Å². The highest BCUT2D eigenvalue weighted by molar-refractivity contribution is 5.74. The van der Waals surface area contributed by atoms with Gasteiger partial charge in [-0.15, -0.1) is 0 Å². The summed E-state index contributed by atoms with van der Waals surface area (Å²) in [6.45, 7) is 8.44. The van der Waals surface area contributed by atoms with Crippen molar-refractivity contribution < 1.29 is 19.4 Å². The van der Waals surface area contributed by atoms with E-state index in [-0.39, 0.29) is 24.5 Å². The third-order valence-electron chi connectivity index (χ3n) is 3.55. The van der Waals surface area contributed by atoms with Crippen LogP contribution in [0, 0.1) is 11.8 Å². The van der Waals surface area contributed by atoms with Crippen LogP contribution >= 0.6 is 0 Å². The van der Waals surface area contributed by atoms with E-state index in [1.54, 1.807) is 4.90 Å². The van der Waals surface area contributed by atoms with Crippen molar-refractivity contribution in [3.63, 3.8) is 0 Å². The maximum Gasteiger partial charge on any atom is 0.317 e. The largest absolute Gasteiger partial charge is 0.481 e. The number of carbonyl (C=O) groups is 2. The van der Waals surface area contributed by atoms with E-state index in [0.717, 1.165) is 12.8 Å². The van der Waals surface area contributed by atoms with Crippen molar-refractivity contribution in [3.8, 4) is 0 Å². The van der Waals surface area contributed by atoms with E-state index in [1.165, 1.54) is 0 Å². The average Bonchev–Trinajstić information content (AvgIpc) is 2.59. The van der Waals surface area contributed by atoms with Crippen LogP contribution in [0.2, 0.25) is 0 Å². The van der Waals surface area contributed by atoms with Crippen molar-refractivity contribution in [1.29, 1.82) is 0 Å². The molecule has 0 aromatic rings. The molecule has 1 rings (SSSR count). The number of aliphatic carboxylic acids is 1. The molecule has 6 heteroatoms. The Hall–Kier alpha value is -1.30. The molecule has 122 valence electrons. The second-order valence-electron chi connectivity index (χ2n) is 6.26. The van der Waals surface area contributed by atoms with Crippen LogP contribution in [-0.2, 0) is 9.53 Å². The van der Waals surface area contributed by atoms with E-state index in [9.17, 15) is 9.59 Å². The number of amides is 2. The van der Waals surface area contributed by atoms with Gasteiger partial charge in [-0.1, -0.05) is 13.8 Å². The summed E-state index contributed by atoms with van der Waals surface area (Å²) in [7, 11) is 0. The molecule has 2 unspecified atom stereocenters. The second kappa shape index (κ2) is 8.87. The molecule has 0 bridgehead atoms. The smallest absolute Gasteiger partial charge is 0.317 e. The Morgan fingerprint density at radius 1 is 1.43 bits per heavy atom. The van der Waals surface area contributed by atoms with Crippen LogP contribution < -0.4 is 5.32 Å². The van der Waals surface area contributed by atoms with Gasteiger partial charge in [0.05, 0.1) is 6.10 Å². The fraction of sp³-hybridized carbons (Fsp3) is 0.867. The molecule has 1 saturated heterocycles. The van der Waals surface area contributed by atoms with Crippen LogP contribution in [0.3, 0.4) is 0 Å². The molecule has 2 amide bonds. The van der Waals surface area contributed by atoms with Gasteiger partial charge in [-0.25, -0.2) is 4.79 Å². The number of ether oxygens (including phenoxy) is 1. The van der Waals surface area contributed by atoms with Gasteiger partial charge >= 0.3 is 12.0 Å². The molecule has 0 saturated carbocycles. The third kappa shape index (κ3) is 7.32. The number of hydrogen-bond donors (Lipinski definition) is 2. The first-order chi connectivity index (χ1) is 9.88. The minimum atomic E-state index is -0.813. The highest BCUT2D eigenvalue weighted by Gasteiger charge is 2.21. The molecule has 2 atom stereocenters. The molecule has 1 aliphatic rings. The highest BCUT2D eigenvalue weighted by Crippen LogP contribution is 2.15. The van der Waals surface area contributed by atoms with Crippen molar-refractivity contribution in [2.24, 2.45) is 11.8 Å². The minimum absolute atomic E-state index is 0.0212. The van der Waals surface area contributed by atoms with Crippen LogP contribution in [0.15, 0.2) is 0 Å². The Balaban J connectivity index is 2.45. The summed E-state index contributed by atoms with van der Waals surface area (Å²) in [5.41, 5.74) is 0. The molecule has 0 aliphatic carbocycles. The zero-order valence-corrected chi connectivity index (χ0v) is 13.3. The van der Waals surface area contributed by atoms with Crippen molar-refractivity contribution >= 4 is 12.0 Å². The summed E-state index contributed by atoms with van der Waals surface area (Å²) in [6, 6.07) is -0.119. The fourth-order valence-electron chi connectivity index (χ4n) is 2.67. The average molecular weight is 300 g/mol. The van der Waals surface area contributed by atoms with Crippen LogP contribution in [0.1, 0.15) is 40.0 Å². The van der Waals surface area contributed by atoms with E-state index in [0.29, 0.717) is 32.2 Å². The van der Waals surface area contributed by atoms with Crippen LogP contribution in [0.5, 0.6) is 0 Å². The second-order valence-corrected chi connectivity index (χ2v) is 6.26. The van der Waals surface area contributed by atoms with Gasteiger partial charge in [0.25, 0.3) is 0 Å². The number of nitrogens with one attached hydrogen (secondary N) is 1. The summed E-state index contributed by atoms with van der Waals surface area (Å²) >= 11 is 0. The lowest BCUT2D eigenvalue weighted by molar-refractivity contribution is -0.138. The van der Waals surface area contributed by atoms with E-state index in [4.69, 9.17) is 9.84 Å². The molecule has 6 nitrogen and oxygen atoms in total. The molecule has 2 N–H and O–H groups in total. The summed E-state index contributed by atoms with van der Waals surface area (Å²) in [6.07, 6.45) is 1.77. The molecule has 0 radical (unpaired) electrons. The standard InChI is InChI=1S/C15H28N2O4/c1-11(2)7-13(8-14(18)19)9-16-15(20)17-5-4-6-21-12(3)10-17/h11-13H,4-10H2,1-3H3,(H,16,20)(H,18,19). The Bertz CT molecular complexity index is 347. The Morgan fingerprint density at radius 3 is 2.76 bits per heavy atom. The van der Waals surface area contributed by atoms with Gasteiger partial charge in [-0.3, -0.25) is 4.79 Å². The number of hydrogen-bond acceptors (Lipinski definition) is 3. The summed E-state index contributed by atoms with van der Waals surface area (Å²) in [4.78, 5) is 24.8. The summed E-state index contributed by atoms with van der Waals surface area (Å²) in [5.74, 6) is -0.420. The maximum absolute atomic E-state index is 12.2. The van der Waals surface area contributed by atoms with Gasteiger partial charge in [0, 0.05) is 32.7 Å². The molecule has 0 aromatic carbocycles. The number of carboxylic acids is 1. The Labute approximate surface area is 126 Å². The van der Waals surface area contributed by atoms with Crippen molar-refractivity contribution in [2.75, 3.05) is 26.2 Å². The number of nitrogens with zero attached hydrogens (tertiary/aromatic N) is 1. The zero-order chi connectivity index (χ0) is 15.8.